The lowest BCUT2D eigenvalue weighted by atomic mass is 9.39. The van der Waals surface area contributed by atoms with Crippen LogP contribution in [0.4, 0.5) is 0 Å². The molecule has 0 aliphatic heterocycles. The Labute approximate surface area is 132 Å². The van der Waals surface area contributed by atoms with Gasteiger partial charge in [0, 0.05) is 11.0 Å². The summed E-state index contributed by atoms with van der Waals surface area (Å²) in [7, 11) is 0. The average molecular weight is 303 g/mol. The standard InChI is InChI=1S/C19H23ClO/c1-17-7-13-8-18(2,10-17)12-19(9-13,11-17)16(21)14-5-3-4-6-15(14)20/h3-6,13H,7-12H2,1-2H3. The summed E-state index contributed by atoms with van der Waals surface area (Å²) < 4.78 is 0. The highest BCUT2D eigenvalue weighted by molar-refractivity contribution is 6.34. The number of carbonyl (C=O) groups is 1. The first-order valence-electron chi connectivity index (χ1n) is 8.13. The summed E-state index contributed by atoms with van der Waals surface area (Å²) in [5.74, 6) is 1.05. The van der Waals surface area contributed by atoms with Crippen LogP contribution in [0.2, 0.25) is 5.02 Å². The van der Waals surface area contributed by atoms with Gasteiger partial charge in [-0.05, 0) is 67.4 Å². The molecule has 0 saturated heterocycles. The quantitative estimate of drug-likeness (QED) is 0.657. The third-order valence-electron chi connectivity index (χ3n) is 6.23. The molecule has 5 rings (SSSR count). The Morgan fingerprint density at radius 2 is 1.67 bits per heavy atom. The fraction of sp³-hybridized carbons (Fsp3) is 0.632. The van der Waals surface area contributed by atoms with Gasteiger partial charge in [-0.25, -0.2) is 0 Å². The SMILES string of the molecule is CC12CC3CC(C)(C1)CC(C(=O)c1ccccc1Cl)(C3)C2. The Kier molecular flexibility index (Phi) is 2.72. The molecule has 1 aromatic carbocycles. The van der Waals surface area contributed by atoms with E-state index in [4.69, 9.17) is 11.6 Å². The fourth-order valence-electron chi connectivity index (χ4n) is 6.63. The first kappa shape index (κ1) is 13.8. The van der Waals surface area contributed by atoms with Crippen LogP contribution in [0.15, 0.2) is 24.3 Å². The highest BCUT2D eigenvalue weighted by Crippen LogP contribution is 2.70. The van der Waals surface area contributed by atoms with Crippen molar-refractivity contribution in [1.29, 1.82) is 0 Å². The van der Waals surface area contributed by atoms with Crippen LogP contribution in [0.25, 0.3) is 0 Å². The van der Waals surface area contributed by atoms with Crippen molar-refractivity contribution >= 4 is 17.4 Å². The second-order valence-electron chi connectivity index (χ2n) is 8.72. The first-order valence-corrected chi connectivity index (χ1v) is 8.51. The van der Waals surface area contributed by atoms with Gasteiger partial charge in [0.2, 0.25) is 0 Å². The van der Waals surface area contributed by atoms with Gasteiger partial charge < -0.3 is 0 Å². The summed E-state index contributed by atoms with van der Waals surface area (Å²) in [4.78, 5) is 13.3. The maximum atomic E-state index is 13.3. The summed E-state index contributed by atoms with van der Waals surface area (Å²) in [6, 6.07) is 7.59. The molecular formula is C19H23ClO. The van der Waals surface area contributed by atoms with Gasteiger partial charge >= 0.3 is 0 Å². The molecule has 4 aliphatic carbocycles. The van der Waals surface area contributed by atoms with Crippen LogP contribution < -0.4 is 0 Å². The smallest absolute Gasteiger partial charge is 0.170 e. The Balaban J connectivity index is 1.78. The van der Waals surface area contributed by atoms with Gasteiger partial charge in [-0.2, -0.15) is 0 Å². The van der Waals surface area contributed by atoms with Crippen molar-refractivity contribution in [2.24, 2.45) is 22.2 Å². The van der Waals surface area contributed by atoms with Crippen LogP contribution in [0.3, 0.4) is 0 Å². The molecule has 0 amide bonds. The van der Waals surface area contributed by atoms with Crippen LogP contribution in [0.5, 0.6) is 0 Å². The Bertz CT molecular complexity index is 602. The normalized spacial score (nSPS) is 44.0. The Morgan fingerprint density at radius 3 is 2.24 bits per heavy atom. The van der Waals surface area contributed by atoms with E-state index in [1.807, 2.05) is 24.3 Å². The fourth-order valence-corrected chi connectivity index (χ4v) is 6.85. The summed E-state index contributed by atoms with van der Waals surface area (Å²) in [5, 5.41) is 0.619. The molecule has 4 aliphatic rings. The number of ketones is 1. The van der Waals surface area contributed by atoms with E-state index < -0.39 is 0 Å². The van der Waals surface area contributed by atoms with E-state index in [0.29, 0.717) is 21.6 Å². The molecule has 1 aromatic rings. The molecule has 0 radical (unpaired) electrons. The molecule has 1 nitrogen and oxygen atoms in total. The molecule has 2 unspecified atom stereocenters. The lowest BCUT2D eigenvalue weighted by Gasteiger charge is -2.64. The lowest BCUT2D eigenvalue weighted by molar-refractivity contribution is -0.125. The van der Waals surface area contributed by atoms with Gasteiger partial charge in [-0.1, -0.05) is 37.6 Å². The van der Waals surface area contributed by atoms with Gasteiger partial charge in [0.05, 0.1) is 5.02 Å². The third kappa shape index (κ3) is 2.00. The van der Waals surface area contributed by atoms with Gasteiger partial charge in [0.1, 0.15) is 0 Å². The van der Waals surface area contributed by atoms with Crippen molar-refractivity contribution in [3.8, 4) is 0 Å². The second-order valence-corrected chi connectivity index (χ2v) is 9.13. The van der Waals surface area contributed by atoms with E-state index in [1.54, 1.807) is 0 Å². The Hall–Kier alpha value is -0.820. The molecule has 0 heterocycles. The largest absolute Gasteiger partial charge is 0.294 e. The summed E-state index contributed by atoms with van der Waals surface area (Å²) in [6.07, 6.45) is 7.16. The highest BCUT2D eigenvalue weighted by atomic mass is 35.5. The van der Waals surface area contributed by atoms with E-state index in [2.05, 4.69) is 13.8 Å². The monoisotopic (exact) mass is 302 g/mol. The molecule has 2 atom stereocenters. The van der Waals surface area contributed by atoms with Crippen LogP contribution in [0.1, 0.15) is 62.7 Å². The summed E-state index contributed by atoms with van der Waals surface area (Å²) in [5.41, 5.74) is 1.33. The molecule has 0 aromatic heterocycles. The van der Waals surface area contributed by atoms with Gasteiger partial charge in [-0.3, -0.25) is 4.79 Å². The number of rotatable bonds is 2. The minimum Gasteiger partial charge on any atom is -0.294 e. The number of Topliss-reactive ketones (excluding diaryl/α,β-unsaturated/α-hetero) is 1. The minimum atomic E-state index is -0.145. The van der Waals surface area contributed by atoms with E-state index in [1.165, 1.54) is 19.3 Å². The van der Waals surface area contributed by atoms with Gasteiger partial charge in [-0.15, -0.1) is 0 Å². The first-order chi connectivity index (χ1) is 9.83. The predicted molar refractivity (Wildman–Crippen MR) is 85.6 cm³/mol. The van der Waals surface area contributed by atoms with Crippen LogP contribution in [-0.4, -0.2) is 5.78 Å². The third-order valence-corrected chi connectivity index (χ3v) is 6.56. The minimum absolute atomic E-state index is 0.145. The number of hydrogen-bond donors (Lipinski definition) is 0. The molecule has 0 N–H and O–H groups in total. The summed E-state index contributed by atoms with van der Waals surface area (Å²) in [6.45, 7) is 4.81. The van der Waals surface area contributed by atoms with Crippen LogP contribution >= 0.6 is 11.6 Å². The molecule has 0 spiro atoms. The van der Waals surface area contributed by atoms with Crippen molar-refractivity contribution in [3.05, 3.63) is 34.9 Å². The van der Waals surface area contributed by atoms with E-state index in [0.717, 1.165) is 30.7 Å². The van der Waals surface area contributed by atoms with Crippen molar-refractivity contribution in [2.75, 3.05) is 0 Å². The zero-order chi connectivity index (χ0) is 14.9. The zero-order valence-electron chi connectivity index (χ0n) is 12.9. The van der Waals surface area contributed by atoms with Crippen molar-refractivity contribution in [2.45, 2.75) is 52.4 Å². The van der Waals surface area contributed by atoms with Crippen LogP contribution in [-0.2, 0) is 0 Å². The van der Waals surface area contributed by atoms with E-state index >= 15 is 0 Å². The zero-order valence-corrected chi connectivity index (χ0v) is 13.7. The van der Waals surface area contributed by atoms with Gasteiger partial charge in [0.25, 0.3) is 0 Å². The summed E-state index contributed by atoms with van der Waals surface area (Å²) >= 11 is 6.31. The predicted octanol–water partition coefficient (Wildman–Crippen LogP) is 5.52. The lowest BCUT2D eigenvalue weighted by Crippen LogP contribution is -2.57. The number of benzene rings is 1. The molecule has 2 heteroatoms. The second kappa shape index (κ2) is 4.13. The molecule has 4 bridgehead atoms. The van der Waals surface area contributed by atoms with E-state index in [-0.39, 0.29) is 5.41 Å². The van der Waals surface area contributed by atoms with Gasteiger partial charge in [0.15, 0.2) is 5.78 Å². The molecular weight excluding hydrogens is 280 g/mol. The van der Waals surface area contributed by atoms with Crippen LogP contribution in [0, 0.1) is 22.2 Å². The molecule has 112 valence electrons. The number of hydrogen-bond acceptors (Lipinski definition) is 1. The number of carbonyl (C=O) groups excluding carboxylic acids is 1. The van der Waals surface area contributed by atoms with E-state index in [9.17, 15) is 4.79 Å². The Morgan fingerprint density at radius 1 is 1.05 bits per heavy atom. The van der Waals surface area contributed by atoms with Crippen molar-refractivity contribution in [3.63, 3.8) is 0 Å². The highest BCUT2D eigenvalue weighted by Gasteiger charge is 2.62. The molecule has 21 heavy (non-hydrogen) atoms. The maximum Gasteiger partial charge on any atom is 0.170 e. The average Bonchev–Trinajstić information content (AvgIpc) is 2.34. The number of halogens is 1. The molecule has 4 saturated carbocycles. The molecule has 4 fully saturated rings. The maximum absolute atomic E-state index is 13.3. The van der Waals surface area contributed by atoms with Crippen molar-refractivity contribution < 1.29 is 4.79 Å². The topological polar surface area (TPSA) is 17.1 Å². The van der Waals surface area contributed by atoms with Crippen molar-refractivity contribution in [1.82, 2.24) is 0 Å².